The molecule has 0 radical (unpaired) electrons. The third kappa shape index (κ3) is 7.13. The fourth-order valence-corrected chi connectivity index (χ4v) is 5.33. The molecule has 2 aromatic heterocycles. The van der Waals surface area contributed by atoms with E-state index in [0.717, 1.165) is 24.3 Å². The number of nitrogens with one attached hydrogen (secondary N) is 1. The number of rotatable bonds is 10. The van der Waals surface area contributed by atoms with Crippen molar-refractivity contribution in [3.8, 4) is 23.2 Å². The second-order valence-electron chi connectivity index (χ2n) is 10.1. The van der Waals surface area contributed by atoms with Crippen LogP contribution in [0.2, 0.25) is 5.02 Å². The predicted molar refractivity (Wildman–Crippen MR) is 138 cm³/mol. The molecular weight excluding hydrogens is 478 g/mol. The number of nitrogens with zero attached hydrogens (tertiary/aromatic N) is 4. The van der Waals surface area contributed by atoms with E-state index < -0.39 is 5.41 Å². The van der Waals surface area contributed by atoms with Crippen molar-refractivity contribution in [1.82, 2.24) is 20.3 Å². The maximum atomic E-state index is 9.67. The highest BCUT2D eigenvalue weighted by atomic mass is 35.5. The van der Waals surface area contributed by atoms with Gasteiger partial charge in [0.1, 0.15) is 6.61 Å². The van der Waals surface area contributed by atoms with Gasteiger partial charge in [-0.05, 0) is 63.9 Å². The van der Waals surface area contributed by atoms with Crippen LogP contribution in [0.3, 0.4) is 0 Å². The Morgan fingerprint density at radius 2 is 2.00 bits per heavy atom. The van der Waals surface area contributed by atoms with E-state index in [4.69, 9.17) is 25.8 Å². The zero-order valence-electron chi connectivity index (χ0n) is 21.2. The van der Waals surface area contributed by atoms with Crippen molar-refractivity contribution in [3.63, 3.8) is 0 Å². The summed E-state index contributed by atoms with van der Waals surface area (Å²) in [5.74, 6) is 0.987. The lowest BCUT2D eigenvalue weighted by Crippen LogP contribution is -2.41. The van der Waals surface area contributed by atoms with Crippen LogP contribution in [-0.2, 0) is 15.9 Å². The molecular formula is C27H36ClN5O3. The highest BCUT2D eigenvalue weighted by molar-refractivity contribution is 6.33. The SMILES string of the molecule is COC[C@H](C)NC1CCC(Cc2cc(-c3cncc(OCC4(C#N)CCOCC4)n3)c(Cl)cn2)CC1. The van der Waals surface area contributed by atoms with Crippen LogP contribution in [0.1, 0.15) is 51.1 Å². The summed E-state index contributed by atoms with van der Waals surface area (Å²) >= 11 is 6.52. The van der Waals surface area contributed by atoms with Crippen molar-refractivity contribution in [2.24, 2.45) is 11.3 Å². The molecule has 1 N–H and O–H groups in total. The number of halogens is 1. The van der Waals surface area contributed by atoms with Crippen LogP contribution in [-0.4, -0.2) is 60.6 Å². The molecule has 3 heterocycles. The third-order valence-electron chi connectivity index (χ3n) is 7.27. The van der Waals surface area contributed by atoms with E-state index in [-0.39, 0.29) is 6.61 Å². The summed E-state index contributed by atoms with van der Waals surface area (Å²) in [6.07, 6.45) is 11.9. The molecule has 2 aliphatic rings. The monoisotopic (exact) mass is 513 g/mol. The fraction of sp³-hybridized carbons (Fsp3) is 0.630. The highest BCUT2D eigenvalue weighted by Crippen LogP contribution is 2.33. The van der Waals surface area contributed by atoms with Gasteiger partial charge in [-0.25, -0.2) is 4.98 Å². The average Bonchev–Trinajstić information content (AvgIpc) is 2.90. The van der Waals surface area contributed by atoms with Gasteiger partial charge < -0.3 is 19.5 Å². The Bertz CT molecular complexity index is 1030. The number of nitriles is 1. The summed E-state index contributed by atoms with van der Waals surface area (Å²) in [7, 11) is 1.74. The van der Waals surface area contributed by atoms with Gasteiger partial charge in [0.05, 0.1) is 41.2 Å². The van der Waals surface area contributed by atoms with Crippen molar-refractivity contribution in [2.75, 3.05) is 33.5 Å². The minimum absolute atomic E-state index is 0.266. The molecule has 0 spiro atoms. The molecule has 0 amide bonds. The van der Waals surface area contributed by atoms with Crippen molar-refractivity contribution in [2.45, 2.75) is 64.0 Å². The van der Waals surface area contributed by atoms with Crippen LogP contribution in [0.5, 0.6) is 5.88 Å². The van der Waals surface area contributed by atoms with Crippen LogP contribution in [0, 0.1) is 22.7 Å². The van der Waals surface area contributed by atoms with Crippen LogP contribution >= 0.6 is 11.6 Å². The Kier molecular flexibility index (Phi) is 9.49. The first-order chi connectivity index (χ1) is 17.5. The Morgan fingerprint density at radius 1 is 1.22 bits per heavy atom. The summed E-state index contributed by atoms with van der Waals surface area (Å²) in [5.41, 5.74) is 1.90. The molecule has 8 nitrogen and oxygen atoms in total. The molecule has 2 fully saturated rings. The van der Waals surface area contributed by atoms with Crippen LogP contribution in [0.4, 0.5) is 0 Å². The Balaban J connectivity index is 1.37. The molecule has 1 aliphatic carbocycles. The Morgan fingerprint density at radius 3 is 2.72 bits per heavy atom. The van der Waals surface area contributed by atoms with Crippen molar-refractivity contribution in [1.29, 1.82) is 5.26 Å². The number of hydrogen-bond acceptors (Lipinski definition) is 8. The normalized spacial score (nSPS) is 22.5. The van der Waals surface area contributed by atoms with Crippen LogP contribution in [0.15, 0.2) is 24.7 Å². The van der Waals surface area contributed by atoms with Gasteiger partial charge in [-0.15, -0.1) is 0 Å². The van der Waals surface area contributed by atoms with Gasteiger partial charge in [-0.3, -0.25) is 9.97 Å². The molecule has 1 atom stereocenters. The minimum atomic E-state index is -0.548. The van der Waals surface area contributed by atoms with Gasteiger partial charge >= 0.3 is 0 Å². The maximum Gasteiger partial charge on any atom is 0.232 e. The van der Waals surface area contributed by atoms with E-state index in [1.54, 1.807) is 25.7 Å². The van der Waals surface area contributed by atoms with Crippen LogP contribution in [0.25, 0.3) is 11.3 Å². The van der Waals surface area contributed by atoms with E-state index in [9.17, 15) is 5.26 Å². The molecule has 9 heteroatoms. The molecule has 0 bridgehead atoms. The molecule has 1 saturated heterocycles. The largest absolute Gasteiger partial charge is 0.475 e. The molecule has 0 aromatic carbocycles. The fourth-order valence-electron chi connectivity index (χ4n) is 5.13. The first-order valence-corrected chi connectivity index (χ1v) is 13.2. The lowest BCUT2D eigenvalue weighted by molar-refractivity contribution is 0.0182. The number of methoxy groups -OCH3 is 1. The quantitative estimate of drug-likeness (QED) is 0.491. The van der Waals surface area contributed by atoms with E-state index in [2.05, 4.69) is 33.3 Å². The topological polar surface area (TPSA) is 102 Å². The van der Waals surface area contributed by atoms with E-state index >= 15 is 0 Å². The molecule has 1 saturated carbocycles. The summed E-state index contributed by atoms with van der Waals surface area (Å²) in [4.78, 5) is 13.6. The number of aromatic nitrogens is 3. The molecule has 1 aliphatic heterocycles. The van der Waals surface area contributed by atoms with E-state index in [1.807, 2.05) is 6.07 Å². The number of ether oxygens (including phenoxy) is 3. The predicted octanol–water partition coefficient (Wildman–Crippen LogP) is 4.62. The van der Waals surface area contributed by atoms with Gasteiger partial charge in [0.25, 0.3) is 0 Å². The first-order valence-electron chi connectivity index (χ1n) is 12.8. The van der Waals surface area contributed by atoms with E-state index in [0.29, 0.717) is 60.7 Å². The Labute approximate surface area is 218 Å². The van der Waals surface area contributed by atoms with Crippen molar-refractivity contribution >= 4 is 11.6 Å². The van der Waals surface area contributed by atoms with Gasteiger partial charge in [0.15, 0.2) is 0 Å². The first kappa shape index (κ1) is 26.7. The molecule has 4 rings (SSSR count). The third-order valence-corrected chi connectivity index (χ3v) is 7.57. The maximum absolute atomic E-state index is 9.67. The van der Waals surface area contributed by atoms with Gasteiger partial charge in [0.2, 0.25) is 5.88 Å². The highest BCUT2D eigenvalue weighted by Gasteiger charge is 2.34. The number of hydrogen-bond donors (Lipinski definition) is 1. The lowest BCUT2D eigenvalue weighted by Gasteiger charge is -2.31. The van der Waals surface area contributed by atoms with Crippen LogP contribution < -0.4 is 10.1 Å². The molecule has 194 valence electrons. The van der Waals surface area contributed by atoms with Crippen molar-refractivity contribution in [3.05, 3.63) is 35.4 Å². The lowest BCUT2D eigenvalue weighted by atomic mass is 9.83. The molecule has 0 unspecified atom stereocenters. The molecule has 2 aromatic rings. The van der Waals surface area contributed by atoms with Crippen molar-refractivity contribution < 1.29 is 14.2 Å². The van der Waals surface area contributed by atoms with Gasteiger partial charge in [0, 0.05) is 49.9 Å². The minimum Gasteiger partial charge on any atom is -0.475 e. The van der Waals surface area contributed by atoms with E-state index in [1.165, 1.54) is 25.7 Å². The summed E-state index contributed by atoms with van der Waals surface area (Å²) in [5, 5.41) is 13.9. The zero-order chi connectivity index (χ0) is 25.4. The summed E-state index contributed by atoms with van der Waals surface area (Å²) in [6, 6.07) is 5.37. The second-order valence-corrected chi connectivity index (χ2v) is 10.5. The Hall–Kier alpha value is -2.31. The second kappa shape index (κ2) is 12.8. The smallest absolute Gasteiger partial charge is 0.232 e. The number of pyridine rings is 1. The summed E-state index contributed by atoms with van der Waals surface area (Å²) in [6.45, 7) is 4.32. The van der Waals surface area contributed by atoms with Gasteiger partial charge in [-0.1, -0.05) is 11.6 Å². The van der Waals surface area contributed by atoms with Gasteiger partial charge in [-0.2, -0.15) is 5.26 Å². The zero-order valence-corrected chi connectivity index (χ0v) is 22.0. The average molecular weight is 514 g/mol. The summed E-state index contributed by atoms with van der Waals surface area (Å²) < 4.78 is 16.6. The molecule has 36 heavy (non-hydrogen) atoms. The standard InChI is InChI=1S/C27H36ClN5O3/c1-19(16-34-2)32-21-5-3-20(4-6-21)11-22-12-23(24(28)13-31-22)25-14-30-15-26(33-25)36-18-27(17-29)7-9-35-10-8-27/h12-15,19-21,32H,3-11,16,18H2,1-2H3/t19-,20?,21?/m0/s1.